The Hall–Kier alpha value is -7.16. The van der Waals surface area contributed by atoms with Crippen molar-refractivity contribution in [1.29, 1.82) is 0 Å². The van der Waals surface area contributed by atoms with Gasteiger partial charge in [0.25, 0.3) is 0 Å². The minimum absolute atomic E-state index is 0.102. The monoisotopic (exact) mass is 707 g/mol. The Morgan fingerprint density at radius 1 is 0.268 bits per heavy atom. The van der Waals surface area contributed by atoms with Gasteiger partial charge in [-0.2, -0.15) is 0 Å². The molecule has 0 radical (unpaired) electrons. The van der Waals surface area contributed by atoms with Crippen molar-refractivity contribution in [2.24, 2.45) is 0 Å². The molecule has 10 aromatic rings. The van der Waals surface area contributed by atoms with Gasteiger partial charge in [-0.15, -0.1) is 0 Å². The van der Waals surface area contributed by atoms with Crippen LogP contribution in [0.2, 0.25) is 0 Å². The highest BCUT2D eigenvalue weighted by molar-refractivity contribution is 6.99. The zero-order valence-electron chi connectivity index (χ0n) is 30.7. The molecule has 1 aromatic heterocycles. The first-order valence-corrected chi connectivity index (χ1v) is 19.6. The lowest BCUT2D eigenvalue weighted by atomic mass is 9.34. The van der Waals surface area contributed by atoms with Gasteiger partial charge < -0.3 is 4.57 Å². The number of nitrogens with zero attached hydrogens (tertiary/aromatic N) is 1. The minimum Gasteiger partial charge on any atom is -0.310 e. The van der Waals surface area contributed by atoms with Gasteiger partial charge in [-0.05, 0) is 90.4 Å². The molecule has 0 amide bonds. The Morgan fingerprint density at radius 3 is 1.09 bits per heavy atom. The average molecular weight is 708 g/mol. The van der Waals surface area contributed by atoms with Gasteiger partial charge in [0.05, 0.1) is 11.0 Å². The Kier molecular flexibility index (Phi) is 6.79. The number of para-hydroxylation sites is 2. The summed E-state index contributed by atoms with van der Waals surface area (Å²) in [5, 5.41) is 2.52. The fourth-order valence-electron chi connectivity index (χ4n) is 10.1. The summed E-state index contributed by atoms with van der Waals surface area (Å²) in [6.45, 7) is -0.102. The molecule has 2 heterocycles. The maximum Gasteiger partial charge on any atom is 0.246 e. The molecule has 2 aliphatic rings. The topological polar surface area (TPSA) is 4.93 Å². The van der Waals surface area contributed by atoms with Gasteiger partial charge in [-0.3, -0.25) is 0 Å². The van der Waals surface area contributed by atoms with E-state index >= 15 is 0 Å². The predicted octanol–water partition coefficient (Wildman–Crippen LogP) is 11.9. The summed E-state index contributed by atoms with van der Waals surface area (Å²) in [6, 6.07) is 77.0. The van der Waals surface area contributed by atoms with E-state index in [0.717, 1.165) is 0 Å². The largest absolute Gasteiger partial charge is 0.310 e. The van der Waals surface area contributed by atoms with Crippen LogP contribution in [0.1, 0.15) is 0 Å². The van der Waals surface area contributed by atoms with Crippen LogP contribution in [0.15, 0.2) is 206 Å². The number of hydrogen-bond acceptors (Lipinski definition) is 0. The SMILES string of the molecule is c1ccc2c(c1)B(c1c(-n3c4ccccc4c4ccccc43)ccc3c1-c1ccccc1-c1ccccc1-c1ccccc1-3)c1ccccc1-c1ccccc1-2. The van der Waals surface area contributed by atoms with Crippen molar-refractivity contribution in [3.63, 3.8) is 0 Å². The lowest BCUT2D eigenvalue weighted by molar-refractivity contribution is 1.19. The second-order valence-electron chi connectivity index (χ2n) is 15.1. The highest BCUT2D eigenvalue weighted by Gasteiger charge is 2.37. The van der Waals surface area contributed by atoms with Crippen molar-refractivity contribution < 1.29 is 0 Å². The molecule has 0 saturated carbocycles. The number of hydrogen-bond donors (Lipinski definition) is 0. The van der Waals surface area contributed by atoms with Crippen molar-refractivity contribution in [2.75, 3.05) is 0 Å². The smallest absolute Gasteiger partial charge is 0.246 e. The molecule has 0 fully saturated rings. The Morgan fingerprint density at radius 2 is 0.607 bits per heavy atom. The second-order valence-corrected chi connectivity index (χ2v) is 15.1. The van der Waals surface area contributed by atoms with E-state index in [4.69, 9.17) is 0 Å². The van der Waals surface area contributed by atoms with E-state index in [-0.39, 0.29) is 6.71 Å². The predicted molar refractivity (Wildman–Crippen MR) is 238 cm³/mol. The first-order valence-electron chi connectivity index (χ1n) is 19.6. The summed E-state index contributed by atoms with van der Waals surface area (Å²) >= 11 is 0. The van der Waals surface area contributed by atoms with Gasteiger partial charge in [0.1, 0.15) is 0 Å². The van der Waals surface area contributed by atoms with Crippen LogP contribution < -0.4 is 16.4 Å². The van der Waals surface area contributed by atoms with Gasteiger partial charge in [0.2, 0.25) is 6.71 Å². The van der Waals surface area contributed by atoms with Crippen LogP contribution in [0, 0.1) is 0 Å². The van der Waals surface area contributed by atoms with Crippen molar-refractivity contribution in [3.8, 4) is 72.4 Å². The summed E-state index contributed by atoms with van der Waals surface area (Å²) in [7, 11) is 0. The lowest BCUT2D eigenvalue weighted by Crippen LogP contribution is -2.54. The number of rotatable bonds is 2. The fourth-order valence-corrected chi connectivity index (χ4v) is 10.1. The Balaban J connectivity index is 1.33. The quantitative estimate of drug-likeness (QED) is 0.158. The van der Waals surface area contributed by atoms with E-state index in [2.05, 4.69) is 211 Å². The summed E-state index contributed by atoms with van der Waals surface area (Å²) < 4.78 is 2.55. The maximum absolute atomic E-state index is 2.55. The van der Waals surface area contributed by atoms with Crippen molar-refractivity contribution in [3.05, 3.63) is 206 Å². The normalized spacial score (nSPS) is 12.2. The standard InChI is InChI=1S/C54H34BN/c1-2-18-36-35(17-1)37-19-3-6-23-41(37)47-33-34-52(56-50-31-15-11-26-44(50)45-27-12-16-32-51(45)56)54(53(47)46-28-8-7-22-40(36)46)55-48-29-13-9-24-42(48)38-20-4-5-21-39(38)43-25-10-14-30-49(43)55/h1-34H. The number of aromatic nitrogens is 1. The molecule has 0 spiro atoms. The molecule has 1 aliphatic heterocycles. The average Bonchev–Trinajstić information content (AvgIpc) is 3.54. The van der Waals surface area contributed by atoms with E-state index in [1.807, 2.05) is 0 Å². The van der Waals surface area contributed by atoms with E-state index in [1.54, 1.807) is 0 Å². The molecule has 0 saturated heterocycles. The van der Waals surface area contributed by atoms with Crippen LogP contribution in [0.5, 0.6) is 0 Å². The zero-order chi connectivity index (χ0) is 36.7. The van der Waals surface area contributed by atoms with E-state index in [9.17, 15) is 0 Å². The second kappa shape index (κ2) is 12.2. The third-order valence-corrected chi connectivity index (χ3v) is 12.3. The first-order chi connectivity index (χ1) is 27.8. The molecular formula is C54H34BN. The lowest BCUT2D eigenvalue weighted by Gasteiger charge is -2.30. The zero-order valence-corrected chi connectivity index (χ0v) is 30.7. The Bertz CT molecular complexity index is 3090. The number of fused-ring (bicyclic) bond motifs is 16. The minimum atomic E-state index is -0.102. The molecule has 258 valence electrons. The molecular weight excluding hydrogens is 673 g/mol. The van der Waals surface area contributed by atoms with Gasteiger partial charge in [0.15, 0.2) is 0 Å². The molecule has 0 atom stereocenters. The van der Waals surface area contributed by atoms with Gasteiger partial charge in [-0.25, -0.2) is 0 Å². The Labute approximate surface area is 326 Å². The first kappa shape index (κ1) is 31.2. The molecule has 0 N–H and O–H groups in total. The number of benzene rings is 9. The van der Waals surface area contributed by atoms with Gasteiger partial charge in [-0.1, -0.05) is 199 Å². The van der Waals surface area contributed by atoms with E-state index < -0.39 is 0 Å². The van der Waals surface area contributed by atoms with Crippen LogP contribution in [0.3, 0.4) is 0 Å². The maximum atomic E-state index is 2.55. The molecule has 9 aromatic carbocycles. The highest BCUT2D eigenvalue weighted by Crippen LogP contribution is 2.48. The van der Waals surface area contributed by atoms with Crippen LogP contribution in [0.4, 0.5) is 0 Å². The third-order valence-electron chi connectivity index (χ3n) is 12.3. The fraction of sp³-hybridized carbons (Fsp3) is 0. The summed E-state index contributed by atoms with van der Waals surface area (Å²) in [5.41, 5.74) is 22.7. The highest BCUT2D eigenvalue weighted by atomic mass is 15.0. The van der Waals surface area contributed by atoms with Crippen LogP contribution in [-0.4, -0.2) is 11.3 Å². The summed E-state index contributed by atoms with van der Waals surface area (Å²) in [4.78, 5) is 0. The summed E-state index contributed by atoms with van der Waals surface area (Å²) in [6.07, 6.45) is 0. The van der Waals surface area contributed by atoms with Gasteiger partial charge >= 0.3 is 0 Å². The van der Waals surface area contributed by atoms with Crippen molar-refractivity contribution >= 4 is 44.9 Å². The molecule has 12 rings (SSSR count). The van der Waals surface area contributed by atoms with Crippen LogP contribution in [0.25, 0.3) is 94.3 Å². The van der Waals surface area contributed by atoms with Crippen molar-refractivity contribution in [1.82, 2.24) is 4.57 Å². The molecule has 1 nitrogen and oxygen atoms in total. The molecule has 56 heavy (non-hydrogen) atoms. The molecule has 0 unspecified atom stereocenters. The van der Waals surface area contributed by atoms with Crippen LogP contribution >= 0.6 is 0 Å². The van der Waals surface area contributed by atoms with Gasteiger partial charge in [0, 0.05) is 16.5 Å². The molecule has 0 bridgehead atoms. The summed E-state index contributed by atoms with van der Waals surface area (Å²) in [5.74, 6) is 0. The molecule has 1 aliphatic carbocycles. The molecule has 2 heteroatoms. The van der Waals surface area contributed by atoms with E-state index in [0.29, 0.717) is 0 Å². The van der Waals surface area contributed by atoms with Crippen molar-refractivity contribution in [2.45, 2.75) is 0 Å². The van der Waals surface area contributed by atoms with Crippen LogP contribution in [-0.2, 0) is 0 Å². The van der Waals surface area contributed by atoms with E-state index in [1.165, 1.54) is 111 Å². The third kappa shape index (κ3) is 4.38.